The van der Waals surface area contributed by atoms with Crippen LogP contribution < -0.4 is 10.6 Å². The van der Waals surface area contributed by atoms with Crippen LogP contribution in [0.5, 0.6) is 0 Å². The lowest BCUT2D eigenvalue weighted by Gasteiger charge is -2.42. The van der Waals surface area contributed by atoms with E-state index in [2.05, 4.69) is 29.4 Å². The Kier molecular flexibility index (Phi) is 5.82. The predicted octanol–water partition coefficient (Wildman–Crippen LogP) is 1.75. The Morgan fingerprint density at radius 3 is 2.95 bits per heavy atom. The molecule has 2 heterocycles. The van der Waals surface area contributed by atoms with Gasteiger partial charge in [-0.15, -0.1) is 0 Å². The second-order valence-electron chi connectivity index (χ2n) is 5.75. The van der Waals surface area contributed by atoms with Crippen molar-refractivity contribution >= 4 is 5.91 Å². The number of amides is 1. The van der Waals surface area contributed by atoms with Crippen molar-refractivity contribution in [2.75, 3.05) is 13.1 Å². The molecule has 0 saturated carbocycles. The molecule has 5 heteroatoms. The molecular weight excluding hydrogens is 266 g/mol. The minimum absolute atomic E-state index is 0.0709. The number of hydrogen-bond donors (Lipinski definition) is 2. The third-order valence-corrected chi connectivity index (χ3v) is 4.40. The van der Waals surface area contributed by atoms with E-state index in [1.165, 1.54) is 0 Å². The van der Waals surface area contributed by atoms with Crippen molar-refractivity contribution in [1.29, 1.82) is 0 Å². The molecule has 1 aromatic rings. The number of hydrogen-bond acceptors (Lipinski definition) is 4. The van der Waals surface area contributed by atoms with Crippen molar-refractivity contribution in [3.05, 3.63) is 24.2 Å². The van der Waals surface area contributed by atoms with Crippen LogP contribution in [-0.4, -0.2) is 42.0 Å². The fraction of sp³-hybridized carbons (Fsp3) is 0.688. The van der Waals surface area contributed by atoms with Gasteiger partial charge in [-0.2, -0.15) is 0 Å². The van der Waals surface area contributed by atoms with Gasteiger partial charge in [-0.05, 0) is 31.9 Å². The van der Waals surface area contributed by atoms with Crippen LogP contribution in [0.3, 0.4) is 0 Å². The highest BCUT2D eigenvalue weighted by Gasteiger charge is 2.32. The first kappa shape index (κ1) is 16.0. The maximum Gasteiger partial charge on any atom is 0.237 e. The van der Waals surface area contributed by atoms with Crippen molar-refractivity contribution < 1.29 is 9.21 Å². The average molecular weight is 293 g/mol. The van der Waals surface area contributed by atoms with E-state index in [1.54, 1.807) is 6.26 Å². The van der Waals surface area contributed by atoms with Gasteiger partial charge in [0.05, 0.1) is 18.8 Å². The van der Waals surface area contributed by atoms with E-state index in [4.69, 9.17) is 4.42 Å². The Morgan fingerprint density at radius 1 is 1.52 bits per heavy atom. The van der Waals surface area contributed by atoms with Crippen molar-refractivity contribution in [3.63, 3.8) is 0 Å². The van der Waals surface area contributed by atoms with Crippen LogP contribution in [0.1, 0.15) is 39.4 Å². The first-order chi connectivity index (χ1) is 10.2. The molecule has 1 saturated heterocycles. The summed E-state index contributed by atoms with van der Waals surface area (Å²) in [5.74, 6) is 0.857. The Labute approximate surface area is 127 Å². The van der Waals surface area contributed by atoms with Crippen LogP contribution in [0.25, 0.3) is 0 Å². The van der Waals surface area contributed by atoms with Gasteiger partial charge in [-0.3, -0.25) is 9.69 Å². The second-order valence-corrected chi connectivity index (χ2v) is 5.75. The van der Waals surface area contributed by atoms with E-state index >= 15 is 0 Å². The topological polar surface area (TPSA) is 57.5 Å². The molecule has 1 amide bonds. The van der Waals surface area contributed by atoms with Crippen LogP contribution in [0, 0.1) is 0 Å². The van der Waals surface area contributed by atoms with Gasteiger partial charge in [0.1, 0.15) is 5.76 Å². The molecule has 1 aromatic heterocycles. The molecule has 1 aliphatic heterocycles. The van der Waals surface area contributed by atoms with Gasteiger partial charge in [0, 0.05) is 25.2 Å². The predicted molar refractivity (Wildman–Crippen MR) is 82.9 cm³/mol. The summed E-state index contributed by atoms with van der Waals surface area (Å²) < 4.78 is 5.25. The van der Waals surface area contributed by atoms with Crippen LogP contribution in [0.2, 0.25) is 0 Å². The maximum atomic E-state index is 12.4. The van der Waals surface area contributed by atoms with Gasteiger partial charge in [0.25, 0.3) is 0 Å². The zero-order chi connectivity index (χ0) is 15.2. The van der Waals surface area contributed by atoms with Crippen molar-refractivity contribution in [1.82, 2.24) is 15.5 Å². The summed E-state index contributed by atoms with van der Waals surface area (Å²) in [6, 6.07) is 4.50. The lowest BCUT2D eigenvalue weighted by atomic mass is 10.0. The Hall–Kier alpha value is -1.33. The zero-order valence-corrected chi connectivity index (χ0v) is 13.3. The first-order valence-corrected chi connectivity index (χ1v) is 7.94. The molecule has 0 aliphatic carbocycles. The van der Waals surface area contributed by atoms with E-state index in [0.29, 0.717) is 18.6 Å². The van der Waals surface area contributed by atoms with Crippen LogP contribution in [0.4, 0.5) is 0 Å². The van der Waals surface area contributed by atoms with Gasteiger partial charge in [0.2, 0.25) is 5.91 Å². The second kappa shape index (κ2) is 7.61. The summed E-state index contributed by atoms with van der Waals surface area (Å²) in [4.78, 5) is 14.7. The highest BCUT2D eigenvalue weighted by molar-refractivity contribution is 5.81. The molecule has 2 rings (SSSR count). The van der Waals surface area contributed by atoms with Gasteiger partial charge in [-0.1, -0.05) is 13.8 Å². The fourth-order valence-electron chi connectivity index (χ4n) is 2.90. The Bertz CT molecular complexity index is 433. The Morgan fingerprint density at radius 2 is 2.33 bits per heavy atom. The largest absolute Gasteiger partial charge is 0.467 e. The molecule has 0 spiro atoms. The fourth-order valence-corrected chi connectivity index (χ4v) is 2.90. The number of nitrogens with zero attached hydrogens (tertiary/aromatic N) is 1. The van der Waals surface area contributed by atoms with Gasteiger partial charge < -0.3 is 15.1 Å². The van der Waals surface area contributed by atoms with E-state index in [0.717, 1.165) is 31.7 Å². The summed E-state index contributed by atoms with van der Waals surface area (Å²) in [7, 11) is 0. The molecule has 3 atom stereocenters. The van der Waals surface area contributed by atoms with Gasteiger partial charge in [0.15, 0.2) is 0 Å². The molecular formula is C16H27N3O2. The lowest BCUT2D eigenvalue weighted by Crippen LogP contribution is -2.61. The standard InChI is InChI=1S/C16H27N3O2/c1-4-13-11-19(14(5-2)9-17-13)12(3)16(20)18-10-15-7-6-8-21-15/h6-8,12-14,17H,4-5,9-11H2,1-3H3,(H,18,20). The van der Waals surface area contributed by atoms with E-state index in [1.807, 2.05) is 19.1 Å². The highest BCUT2D eigenvalue weighted by Crippen LogP contribution is 2.16. The normalized spacial score (nSPS) is 24.7. The number of nitrogens with one attached hydrogen (secondary N) is 2. The number of carbonyl (C=O) groups is 1. The van der Waals surface area contributed by atoms with Crippen molar-refractivity contribution in [3.8, 4) is 0 Å². The Balaban J connectivity index is 1.92. The maximum absolute atomic E-state index is 12.4. The third kappa shape index (κ3) is 4.08. The summed E-state index contributed by atoms with van der Waals surface area (Å²) in [5, 5.41) is 6.52. The first-order valence-electron chi connectivity index (χ1n) is 7.94. The minimum Gasteiger partial charge on any atom is -0.467 e. The molecule has 0 bridgehead atoms. The van der Waals surface area contributed by atoms with E-state index in [9.17, 15) is 4.79 Å². The minimum atomic E-state index is -0.110. The molecule has 118 valence electrons. The van der Waals surface area contributed by atoms with Crippen LogP contribution >= 0.6 is 0 Å². The smallest absolute Gasteiger partial charge is 0.237 e. The number of piperazine rings is 1. The molecule has 2 N–H and O–H groups in total. The SMILES string of the molecule is CCC1CN(C(C)C(=O)NCc2ccco2)C(CC)CN1. The van der Waals surface area contributed by atoms with Crippen molar-refractivity contribution in [2.45, 2.75) is 58.3 Å². The highest BCUT2D eigenvalue weighted by atomic mass is 16.3. The molecule has 3 unspecified atom stereocenters. The van der Waals surface area contributed by atoms with Crippen molar-refractivity contribution in [2.24, 2.45) is 0 Å². The number of carbonyl (C=O) groups excluding carboxylic acids is 1. The molecule has 1 fully saturated rings. The van der Waals surface area contributed by atoms with Crippen LogP contribution in [0.15, 0.2) is 22.8 Å². The van der Waals surface area contributed by atoms with E-state index < -0.39 is 0 Å². The quantitative estimate of drug-likeness (QED) is 0.839. The van der Waals surface area contributed by atoms with Gasteiger partial charge in [-0.25, -0.2) is 0 Å². The van der Waals surface area contributed by atoms with Crippen LogP contribution in [-0.2, 0) is 11.3 Å². The molecule has 21 heavy (non-hydrogen) atoms. The molecule has 0 aromatic carbocycles. The molecule has 1 aliphatic rings. The summed E-state index contributed by atoms with van der Waals surface area (Å²) in [6.45, 7) is 8.71. The van der Waals surface area contributed by atoms with Gasteiger partial charge >= 0.3 is 0 Å². The summed E-state index contributed by atoms with van der Waals surface area (Å²) in [6.07, 6.45) is 3.77. The summed E-state index contributed by atoms with van der Waals surface area (Å²) >= 11 is 0. The zero-order valence-electron chi connectivity index (χ0n) is 13.3. The molecule has 5 nitrogen and oxygen atoms in total. The lowest BCUT2D eigenvalue weighted by molar-refractivity contribution is -0.127. The monoisotopic (exact) mass is 293 g/mol. The third-order valence-electron chi connectivity index (χ3n) is 4.40. The summed E-state index contributed by atoms with van der Waals surface area (Å²) in [5.41, 5.74) is 0. The molecule has 0 radical (unpaired) electrons. The number of rotatable bonds is 6. The number of furan rings is 1. The van der Waals surface area contributed by atoms with E-state index in [-0.39, 0.29) is 11.9 Å². The average Bonchev–Trinajstić information content (AvgIpc) is 3.04.